The first-order valence-corrected chi connectivity index (χ1v) is 25.9. The molecule has 14 N–H and O–H groups in total. The van der Waals surface area contributed by atoms with Gasteiger partial charge in [0.25, 0.3) is 0 Å². The Labute approximate surface area is 436 Å². The number of aromatic amines is 1. The number of hydrogen-bond donors (Lipinski definition) is 11. The Kier molecular flexibility index (Phi) is 20.5. The molecule has 6 rings (SSSR count). The van der Waals surface area contributed by atoms with E-state index in [1.807, 2.05) is 50.2 Å². The standard InChI is InChI=1S/C54H72N12O9/c1-3-5-23-45(67)61-43-30-46(68)58-26-12-11-20-39(47(55)69)62-50(72)42(29-35-32-60-38-19-10-9-18-36(35)38)64-48(70)40(21-14-27-59-53(56)57)63-49(71)41(28-33-15-7-6-8-16-33)65-52(74)54(66-51(43)73)25-24-37-34(31-54)17-13-22-44(37)75-4-2/h6-10,13,15-19,22,32,39-43,60H,3-5,11-12,14,20-21,23-31H2,1-2H3,(H2,55,69)(H,58,68)(H,61,67)(H,62,72)(H,63,71)(H,64,70)(H,65,74)(H,66,73)(H4,56,57,59)/t39-,40-,41+,42-,43-,54?/m0/s1. The molecular formula is C54H72N12O9. The van der Waals surface area contributed by atoms with Gasteiger partial charge in [0, 0.05) is 55.9 Å². The molecule has 3 aromatic carbocycles. The zero-order valence-corrected chi connectivity index (χ0v) is 42.8. The van der Waals surface area contributed by atoms with E-state index in [4.69, 9.17) is 21.9 Å². The van der Waals surface area contributed by atoms with Gasteiger partial charge < -0.3 is 64.1 Å². The van der Waals surface area contributed by atoms with Crippen LogP contribution in [0.1, 0.15) is 100 Å². The molecule has 21 heteroatoms. The van der Waals surface area contributed by atoms with Crippen LogP contribution in [-0.4, -0.2) is 114 Å². The number of rotatable bonds is 15. The number of carbonyl (C=O) groups is 8. The van der Waals surface area contributed by atoms with E-state index in [-0.39, 0.29) is 76.8 Å². The molecule has 1 unspecified atom stereocenters. The molecule has 75 heavy (non-hydrogen) atoms. The van der Waals surface area contributed by atoms with Crippen LogP contribution in [0.2, 0.25) is 0 Å². The molecule has 6 atom stereocenters. The number of nitrogens with one attached hydrogen (secondary N) is 8. The summed E-state index contributed by atoms with van der Waals surface area (Å²) in [6.07, 6.45) is 3.60. The van der Waals surface area contributed by atoms with E-state index in [2.05, 4.69) is 47.2 Å². The lowest BCUT2D eigenvalue weighted by atomic mass is 9.76. The highest BCUT2D eigenvalue weighted by molar-refractivity contribution is 6.00. The fourth-order valence-electron chi connectivity index (χ4n) is 9.52. The minimum Gasteiger partial charge on any atom is -0.494 e. The third kappa shape index (κ3) is 16.0. The summed E-state index contributed by atoms with van der Waals surface area (Å²) in [5, 5.41) is 20.6. The molecule has 1 saturated heterocycles. The third-order valence-electron chi connectivity index (χ3n) is 13.5. The van der Waals surface area contributed by atoms with Crippen molar-refractivity contribution >= 4 is 64.1 Å². The molecule has 2 aliphatic rings. The van der Waals surface area contributed by atoms with Crippen LogP contribution in [0.5, 0.6) is 5.75 Å². The number of para-hydroxylation sites is 1. The normalized spacial score (nSPS) is 22.5. The van der Waals surface area contributed by atoms with Gasteiger partial charge in [-0.25, -0.2) is 0 Å². The number of primary amides is 1. The molecule has 402 valence electrons. The van der Waals surface area contributed by atoms with E-state index in [1.165, 1.54) is 0 Å². The zero-order chi connectivity index (χ0) is 53.9. The first kappa shape index (κ1) is 56.3. The van der Waals surface area contributed by atoms with Crippen LogP contribution < -0.4 is 59.2 Å². The number of nitrogens with two attached hydrogens (primary N) is 3. The number of amides is 8. The summed E-state index contributed by atoms with van der Waals surface area (Å²) in [5.41, 5.74) is 19.0. The van der Waals surface area contributed by atoms with Crippen molar-refractivity contribution in [1.29, 1.82) is 0 Å². The number of H-pyrrole nitrogens is 1. The van der Waals surface area contributed by atoms with Crippen molar-refractivity contribution < 1.29 is 43.1 Å². The Morgan fingerprint density at radius 2 is 1.51 bits per heavy atom. The number of fused-ring (bicyclic) bond motifs is 2. The number of aromatic nitrogens is 1. The number of ether oxygens (including phenoxy) is 1. The molecular weight excluding hydrogens is 961 g/mol. The number of unbranched alkanes of at least 4 members (excludes halogenated alkanes) is 1. The van der Waals surface area contributed by atoms with Gasteiger partial charge in [0.05, 0.1) is 13.0 Å². The Hall–Kier alpha value is -7.97. The maximum Gasteiger partial charge on any atom is 0.246 e. The summed E-state index contributed by atoms with van der Waals surface area (Å²) in [7, 11) is 0. The topological polar surface area (TPSA) is 336 Å². The molecule has 0 bridgehead atoms. The van der Waals surface area contributed by atoms with E-state index >= 15 is 4.79 Å². The largest absolute Gasteiger partial charge is 0.494 e. The number of carbonyl (C=O) groups excluding carboxylic acids is 8. The minimum atomic E-state index is -1.74. The smallest absolute Gasteiger partial charge is 0.246 e. The summed E-state index contributed by atoms with van der Waals surface area (Å²) in [4.78, 5) is 121. The van der Waals surface area contributed by atoms with Gasteiger partial charge in [-0.2, -0.15) is 0 Å². The summed E-state index contributed by atoms with van der Waals surface area (Å²) in [5.74, 6) is -5.19. The fraction of sp³-hybridized carbons (Fsp3) is 0.463. The Morgan fingerprint density at radius 1 is 0.787 bits per heavy atom. The summed E-state index contributed by atoms with van der Waals surface area (Å²) >= 11 is 0. The lowest BCUT2D eigenvalue weighted by Crippen LogP contribution is -2.67. The van der Waals surface area contributed by atoms with Crippen molar-refractivity contribution in [2.45, 2.75) is 139 Å². The number of nitrogens with zero attached hydrogens (tertiary/aromatic N) is 1. The van der Waals surface area contributed by atoms with E-state index in [9.17, 15) is 33.6 Å². The quantitative estimate of drug-likeness (QED) is 0.0457. The Morgan fingerprint density at radius 3 is 2.25 bits per heavy atom. The van der Waals surface area contributed by atoms with Crippen LogP contribution in [0.3, 0.4) is 0 Å². The molecule has 0 radical (unpaired) electrons. The molecule has 1 aromatic heterocycles. The monoisotopic (exact) mass is 1030 g/mol. The molecule has 1 fully saturated rings. The Balaban J connectivity index is 1.42. The number of guanidine groups is 1. The molecule has 21 nitrogen and oxygen atoms in total. The van der Waals surface area contributed by atoms with E-state index in [0.717, 1.165) is 16.5 Å². The second-order valence-electron chi connectivity index (χ2n) is 19.2. The van der Waals surface area contributed by atoms with Gasteiger partial charge in [-0.05, 0) is 92.7 Å². The molecule has 1 aliphatic heterocycles. The maximum atomic E-state index is 15.3. The Bertz CT molecular complexity index is 2690. The molecule has 8 amide bonds. The van der Waals surface area contributed by atoms with Gasteiger partial charge in [0.1, 0.15) is 41.5 Å². The van der Waals surface area contributed by atoms with Crippen LogP contribution in [0.25, 0.3) is 10.9 Å². The van der Waals surface area contributed by atoms with Crippen LogP contribution in [0, 0.1) is 0 Å². The highest BCUT2D eigenvalue weighted by atomic mass is 16.5. The average Bonchev–Trinajstić information content (AvgIpc) is 3.80. The van der Waals surface area contributed by atoms with Crippen LogP contribution in [-0.2, 0) is 64.0 Å². The van der Waals surface area contributed by atoms with Crippen molar-refractivity contribution in [3.05, 3.63) is 101 Å². The van der Waals surface area contributed by atoms with Crippen molar-refractivity contribution in [2.75, 3.05) is 19.7 Å². The summed E-state index contributed by atoms with van der Waals surface area (Å²) in [6.45, 7) is 4.35. The number of aliphatic imine (C=N–C) groups is 1. The van der Waals surface area contributed by atoms with Crippen LogP contribution >= 0.6 is 0 Å². The van der Waals surface area contributed by atoms with Gasteiger partial charge in [-0.3, -0.25) is 43.3 Å². The third-order valence-corrected chi connectivity index (χ3v) is 13.5. The maximum absolute atomic E-state index is 15.3. The second-order valence-corrected chi connectivity index (χ2v) is 19.2. The lowest BCUT2D eigenvalue weighted by molar-refractivity contribution is -0.139. The average molecular weight is 1030 g/mol. The molecule has 2 heterocycles. The van der Waals surface area contributed by atoms with Crippen molar-refractivity contribution in [3.8, 4) is 5.75 Å². The van der Waals surface area contributed by atoms with Gasteiger partial charge >= 0.3 is 0 Å². The van der Waals surface area contributed by atoms with Gasteiger partial charge in [-0.15, -0.1) is 0 Å². The predicted octanol–water partition coefficient (Wildman–Crippen LogP) is 1.24. The van der Waals surface area contributed by atoms with Crippen molar-refractivity contribution in [3.63, 3.8) is 0 Å². The minimum absolute atomic E-state index is 0.0250. The van der Waals surface area contributed by atoms with Crippen LogP contribution in [0.4, 0.5) is 0 Å². The highest BCUT2D eigenvalue weighted by Crippen LogP contribution is 2.35. The van der Waals surface area contributed by atoms with Crippen molar-refractivity contribution in [1.82, 2.24) is 42.2 Å². The first-order chi connectivity index (χ1) is 36.1. The highest BCUT2D eigenvalue weighted by Gasteiger charge is 2.46. The van der Waals surface area contributed by atoms with Gasteiger partial charge in [-0.1, -0.05) is 74.0 Å². The lowest BCUT2D eigenvalue weighted by Gasteiger charge is -2.40. The summed E-state index contributed by atoms with van der Waals surface area (Å²) in [6, 6.07) is 15.2. The molecule has 0 saturated carbocycles. The van der Waals surface area contributed by atoms with E-state index in [1.54, 1.807) is 42.6 Å². The van der Waals surface area contributed by atoms with E-state index < -0.39 is 89.4 Å². The summed E-state index contributed by atoms with van der Waals surface area (Å²) < 4.78 is 5.95. The van der Waals surface area contributed by atoms with Crippen LogP contribution in [0.15, 0.2) is 84.0 Å². The van der Waals surface area contributed by atoms with Gasteiger partial charge in [0.15, 0.2) is 5.96 Å². The predicted molar refractivity (Wildman–Crippen MR) is 282 cm³/mol. The number of hydrogen-bond acceptors (Lipinski definition) is 10. The molecule has 1 aliphatic carbocycles. The fourth-order valence-corrected chi connectivity index (χ4v) is 9.52. The van der Waals surface area contributed by atoms with E-state index in [0.29, 0.717) is 54.7 Å². The number of benzene rings is 3. The molecule has 4 aromatic rings. The SMILES string of the molecule is CCCCC(=O)N[C@H]1CC(=O)NCCCC[C@@H](C(N)=O)NC(=O)[C@H](Cc2c[nH]c3ccccc23)NC(=O)[C@H](CCCN=C(N)N)NC(=O)[C@@H](Cc2ccccc2)NC(=O)C2(CCc3c(cccc3OCC)C2)NC1=O. The van der Waals surface area contributed by atoms with Gasteiger partial charge in [0.2, 0.25) is 47.3 Å². The second kappa shape index (κ2) is 27.4. The molecule has 1 spiro atoms. The zero-order valence-electron chi connectivity index (χ0n) is 42.8. The first-order valence-electron chi connectivity index (χ1n) is 25.9. The van der Waals surface area contributed by atoms with Crippen molar-refractivity contribution in [2.24, 2.45) is 22.2 Å².